The second-order valence-corrected chi connectivity index (χ2v) is 5.95. The van der Waals surface area contributed by atoms with Crippen molar-refractivity contribution in [2.45, 2.75) is 70.2 Å². The van der Waals surface area contributed by atoms with Gasteiger partial charge in [0.1, 0.15) is 0 Å². The zero-order valence-corrected chi connectivity index (χ0v) is 11.8. The molecule has 1 aliphatic heterocycles. The van der Waals surface area contributed by atoms with Crippen LogP contribution in [0, 0.1) is 0 Å². The maximum atomic E-state index is 5.70. The molecule has 2 unspecified atom stereocenters. The molecule has 4 heteroatoms. The fourth-order valence-electron chi connectivity index (χ4n) is 3.24. The van der Waals surface area contributed by atoms with Crippen LogP contribution >= 0.6 is 0 Å². The van der Waals surface area contributed by atoms with Crippen molar-refractivity contribution >= 4 is 0 Å². The van der Waals surface area contributed by atoms with Gasteiger partial charge in [0.15, 0.2) is 0 Å². The maximum absolute atomic E-state index is 5.70. The van der Waals surface area contributed by atoms with Crippen molar-refractivity contribution in [3.8, 4) is 0 Å². The minimum Gasteiger partial charge on any atom is -0.377 e. The molecule has 1 aromatic rings. The molecule has 3 rings (SSSR count). The predicted molar refractivity (Wildman–Crippen MR) is 75.0 cm³/mol. The van der Waals surface area contributed by atoms with Gasteiger partial charge in [-0.15, -0.1) is 0 Å². The van der Waals surface area contributed by atoms with Gasteiger partial charge in [-0.1, -0.05) is 12.8 Å². The van der Waals surface area contributed by atoms with Gasteiger partial charge in [-0.25, -0.2) is 0 Å². The molecule has 0 radical (unpaired) electrons. The molecule has 1 saturated carbocycles. The lowest BCUT2D eigenvalue weighted by atomic mass is 10.1. The van der Waals surface area contributed by atoms with E-state index in [4.69, 9.17) is 9.84 Å². The molecule has 0 aromatic carbocycles. The molecular formula is C15H25N3O. The first-order valence-electron chi connectivity index (χ1n) is 7.72. The highest BCUT2D eigenvalue weighted by Crippen LogP contribution is 2.28. The summed E-state index contributed by atoms with van der Waals surface area (Å²) in [5.41, 5.74) is 1.15. The molecule has 0 bridgehead atoms. The van der Waals surface area contributed by atoms with E-state index in [0.717, 1.165) is 18.8 Å². The smallest absolute Gasteiger partial charge is 0.0762 e. The normalized spacial score (nSPS) is 26.1. The Morgan fingerprint density at radius 1 is 1.37 bits per heavy atom. The van der Waals surface area contributed by atoms with Crippen LogP contribution in [-0.4, -0.2) is 28.5 Å². The Labute approximate surface area is 115 Å². The summed E-state index contributed by atoms with van der Waals surface area (Å²) in [6, 6.07) is 3.21. The highest BCUT2D eigenvalue weighted by atomic mass is 16.5. The van der Waals surface area contributed by atoms with Gasteiger partial charge >= 0.3 is 0 Å². The van der Waals surface area contributed by atoms with Gasteiger partial charge in [0.2, 0.25) is 0 Å². The Balaban J connectivity index is 1.49. The topological polar surface area (TPSA) is 39.1 Å². The van der Waals surface area contributed by atoms with Crippen LogP contribution in [0.5, 0.6) is 0 Å². The molecule has 0 amide bonds. The monoisotopic (exact) mass is 263 g/mol. The molecule has 0 spiro atoms. The molecule has 2 heterocycles. The van der Waals surface area contributed by atoms with Gasteiger partial charge in [-0.05, 0) is 38.7 Å². The summed E-state index contributed by atoms with van der Waals surface area (Å²) in [6.07, 6.45) is 10.2. The first-order valence-corrected chi connectivity index (χ1v) is 7.72. The van der Waals surface area contributed by atoms with Crippen LogP contribution in [0.15, 0.2) is 12.3 Å². The number of nitrogens with one attached hydrogen (secondary N) is 1. The van der Waals surface area contributed by atoms with Crippen molar-refractivity contribution in [1.29, 1.82) is 0 Å². The highest BCUT2D eigenvalue weighted by Gasteiger charge is 2.22. The Kier molecular flexibility index (Phi) is 4.18. The van der Waals surface area contributed by atoms with Crippen molar-refractivity contribution in [2.75, 3.05) is 6.61 Å². The standard InChI is InChI=1S/C15H25N3O/c1-12(15-7-4-10-19-15)16-11-13-8-9-18(17-13)14-5-2-3-6-14/h8-9,12,14-16H,2-7,10-11H2,1H3. The quantitative estimate of drug-likeness (QED) is 0.887. The Hall–Kier alpha value is -0.870. The molecule has 106 valence electrons. The van der Waals surface area contributed by atoms with E-state index in [9.17, 15) is 0 Å². The molecule has 2 fully saturated rings. The molecule has 1 saturated heterocycles. The number of ether oxygens (including phenoxy) is 1. The Bertz CT molecular complexity index is 392. The number of rotatable bonds is 5. The van der Waals surface area contributed by atoms with Gasteiger partial charge in [-0.2, -0.15) is 5.10 Å². The van der Waals surface area contributed by atoms with Gasteiger partial charge in [-0.3, -0.25) is 4.68 Å². The van der Waals surface area contributed by atoms with Gasteiger partial charge < -0.3 is 10.1 Å². The van der Waals surface area contributed by atoms with Crippen molar-refractivity contribution in [1.82, 2.24) is 15.1 Å². The van der Waals surface area contributed by atoms with E-state index in [1.165, 1.54) is 38.5 Å². The summed E-state index contributed by atoms with van der Waals surface area (Å²) in [6.45, 7) is 3.98. The Morgan fingerprint density at radius 3 is 2.95 bits per heavy atom. The van der Waals surface area contributed by atoms with Crippen LogP contribution < -0.4 is 5.32 Å². The van der Waals surface area contributed by atoms with Crippen molar-refractivity contribution < 1.29 is 4.74 Å². The second kappa shape index (κ2) is 6.06. The number of hydrogen-bond donors (Lipinski definition) is 1. The summed E-state index contributed by atoms with van der Waals surface area (Å²) in [7, 11) is 0. The lowest BCUT2D eigenvalue weighted by Gasteiger charge is -2.19. The van der Waals surface area contributed by atoms with E-state index in [-0.39, 0.29) is 0 Å². The molecule has 4 nitrogen and oxygen atoms in total. The highest BCUT2D eigenvalue weighted by molar-refractivity contribution is 5.00. The molecule has 1 N–H and O–H groups in total. The third-order valence-electron chi connectivity index (χ3n) is 4.49. The van der Waals surface area contributed by atoms with E-state index in [1.807, 2.05) is 0 Å². The van der Waals surface area contributed by atoms with E-state index in [0.29, 0.717) is 18.2 Å². The number of aromatic nitrogens is 2. The number of nitrogens with zero attached hydrogens (tertiary/aromatic N) is 2. The molecule has 2 atom stereocenters. The average Bonchev–Trinajstić information content (AvgIpc) is 3.14. The van der Waals surface area contributed by atoms with Crippen molar-refractivity contribution in [3.63, 3.8) is 0 Å². The molecular weight excluding hydrogens is 238 g/mol. The van der Waals surface area contributed by atoms with E-state index >= 15 is 0 Å². The fourth-order valence-corrected chi connectivity index (χ4v) is 3.24. The van der Waals surface area contributed by atoms with Crippen LogP contribution in [0.4, 0.5) is 0 Å². The summed E-state index contributed by atoms with van der Waals surface area (Å²) >= 11 is 0. The minimum atomic E-state index is 0.386. The zero-order valence-electron chi connectivity index (χ0n) is 11.8. The third kappa shape index (κ3) is 3.18. The van der Waals surface area contributed by atoms with E-state index < -0.39 is 0 Å². The summed E-state index contributed by atoms with van der Waals surface area (Å²) < 4.78 is 7.87. The molecule has 2 aliphatic rings. The third-order valence-corrected chi connectivity index (χ3v) is 4.49. The maximum Gasteiger partial charge on any atom is 0.0762 e. The number of hydrogen-bond acceptors (Lipinski definition) is 3. The molecule has 19 heavy (non-hydrogen) atoms. The first kappa shape index (κ1) is 13.1. The first-order chi connectivity index (χ1) is 9.33. The fraction of sp³-hybridized carbons (Fsp3) is 0.800. The van der Waals surface area contributed by atoms with Crippen molar-refractivity contribution in [3.05, 3.63) is 18.0 Å². The molecule has 1 aliphatic carbocycles. The summed E-state index contributed by atoms with van der Waals surface area (Å²) in [5, 5.41) is 8.25. The van der Waals surface area contributed by atoms with Crippen LogP contribution in [0.3, 0.4) is 0 Å². The van der Waals surface area contributed by atoms with Crippen LogP contribution in [0.1, 0.15) is 57.2 Å². The predicted octanol–water partition coefficient (Wildman–Crippen LogP) is 2.66. The summed E-state index contributed by atoms with van der Waals surface area (Å²) in [5.74, 6) is 0. The van der Waals surface area contributed by atoms with Crippen LogP contribution in [-0.2, 0) is 11.3 Å². The lowest BCUT2D eigenvalue weighted by Crippen LogP contribution is -2.36. The second-order valence-electron chi connectivity index (χ2n) is 5.95. The zero-order chi connectivity index (χ0) is 13.1. The van der Waals surface area contributed by atoms with Crippen molar-refractivity contribution in [2.24, 2.45) is 0 Å². The SMILES string of the molecule is CC(NCc1ccn(C2CCCC2)n1)C1CCCO1. The van der Waals surface area contributed by atoms with Crippen LogP contribution in [0.2, 0.25) is 0 Å². The largest absolute Gasteiger partial charge is 0.377 e. The van der Waals surface area contributed by atoms with E-state index in [1.54, 1.807) is 0 Å². The Morgan fingerprint density at radius 2 is 2.21 bits per heavy atom. The van der Waals surface area contributed by atoms with Gasteiger partial charge in [0, 0.05) is 25.4 Å². The average molecular weight is 263 g/mol. The minimum absolute atomic E-state index is 0.386. The molecule has 1 aromatic heterocycles. The van der Waals surface area contributed by atoms with Crippen LogP contribution in [0.25, 0.3) is 0 Å². The lowest BCUT2D eigenvalue weighted by molar-refractivity contribution is 0.0830. The van der Waals surface area contributed by atoms with Gasteiger partial charge in [0.25, 0.3) is 0 Å². The van der Waals surface area contributed by atoms with E-state index in [2.05, 4.69) is 29.2 Å². The van der Waals surface area contributed by atoms with Gasteiger partial charge in [0.05, 0.1) is 17.8 Å². The summed E-state index contributed by atoms with van der Waals surface area (Å²) in [4.78, 5) is 0.